The predicted molar refractivity (Wildman–Crippen MR) is 82.5 cm³/mol. The second-order valence-electron chi connectivity index (χ2n) is 6.10. The molecule has 114 valence electrons. The Kier molecular flexibility index (Phi) is 3.10. The minimum atomic E-state index is 0.0265. The zero-order valence-electron chi connectivity index (χ0n) is 12.4. The number of pyridine rings is 1. The zero-order valence-corrected chi connectivity index (χ0v) is 12.4. The van der Waals surface area contributed by atoms with Crippen molar-refractivity contribution >= 4 is 11.7 Å². The van der Waals surface area contributed by atoms with Crippen molar-refractivity contribution in [1.82, 2.24) is 20.1 Å². The van der Waals surface area contributed by atoms with Crippen molar-refractivity contribution in [2.75, 3.05) is 18.8 Å². The Morgan fingerprint density at radius 2 is 2.09 bits per heavy atom. The van der Waals surface area contributed by atoms with Gasteiger partial charge < -0.3 is 10.6 Å². The van der Waals surface area contributed by atoms with Gasteiger partial charge in [0.1, 0.15) is 5.82 Å². The second-order valence-corrected chi connectivity index (χ2v) is 6.10. The summed E-state index contributed by atoms with van der Waals surface area (Å²) in [6.45, 7) is 1.44. The number of nitrogens with zero attached hydrogens (tertiary/aromatic N) is 3. The van der Waals surface area contributed by atoms with Crippen LogP contribution in [0.4, 0.5) is 5.82 Å². The van der Waals surface area contributed by atoms with Gasteiger partial charge in [-0.05, 0) is 37.0 Å². The number of nitrogens with two attached hydrogens (primary N) is 1. The fourth-order valence-electron chi connectivity index (χ4n) is 3.12. The fraction of sp³-hybridized carbons (Fsp3) is 0.438. The molecule has 1 saturated carbocycles. The Morgan fingerprint density at radius 1 is 1.27 bits per heavy atom. The molecule has 4 rings (SSSR count). The van der Waals surface area contributed by atoms with Crippen LogP contribution in [0.25, 0.3) is 0 Å². The highest BCUT2D eigenvalue weighted by molar-refractivity contribution is 5.94. The van der Waals surface area contributed by atoms with E-state index < -0.39 is 0 Å². The number of hydrogen-bond acceptors (Lipinski definition) is 4. The number of hydrogen-bond donors (Lipinski definition) is 2. The number of fused-ring (bicyclic) bond motifs is 1. The lowest BCUT2D eigenvalue weighted by Gasteiger charge is -2.20. The third kappa shape index (κ3) is 2.34. The summed E-state index contributed by atoms with van der Waals surface area (Å²) in [5.74, 6) is 1.10. The van der Waals surface area contributed by atoms with Crippen LogP contribution in [0, 0.1) is 0 Å². The first-order valence-electron chi connectivity index (χ1n) is 7.79. The molecular formula is C16H19N5O. The predicted octanol–water partition coefficient (Wildman–Crippen LogP) is 1.51. The smallest absolute Gasteiger partial charge is 0.255 e. The number of carbonyl (C=O) groups excluding carboxylic acids is 1. The van der Waals surface area contributed by atoms with Gasteiger partial charge in [-0.15, -0.1) is 0 Å². The Hall–Kier alpha value is -2.37. The van der Waals surface area contributed by atoms with Crippen molar-refractivity contribution < 1.29 is 4.79 Å². The lowest BCUT2D eigenvalue weighted by Crippen LogP contribution is -2.33. The van der Waals surface area contributed by atoms with E-state index in [2.05, 4.69) is 15.2 Å². The average molecular weight is 297 g/mol. The molecule has 22 heavy (non-hydrogen) atoms. The first-order valence-corrected chi connectivity index (χ1v) is 7.79. The number of aromatic nitrogens is 3. The fourth-order valence-corrected chi connectivity index (χ4v) is 3.12. The van der Waals surface area contributed by atoms with Crippen LogP contribution in [0.5, 0.6) is 0 Å². The van der Waals surface area contributed by atoms with Gasteiger partial charge in [-0.25, -0.2) is 4.98 Å². The summed E-state index contributed by atoms with van der Waals surface area (Å²) in [6, 6.07) is 3.41. The van der Waals surface area contributed by atoms with Gasteiger partial charge in [0.25, 0.3) is 5.91 Å². The SMILES string of the molecule is Nc1ccc(C(=O)N2CCc3[nH]nc(C4CC4)c3CC2)cn1. The minimum absolute atomic E-state index is 0.0265. The maximum Gasteiger partial charge on any atom is 0.255 e. The molecule has 1 aliphatic heterocycles. The Labute approximate surface area is 128 Å². The quantitative estimate of drug-likeness (QED) is 0.879. The van der Waals surface area contributed by atoms with Gasteiger partial charge in [-0.2, -0.15) is 5.10 Å². The van der Waals surface area contributed by atoms with Gasteiger partial charge in [0.05, 0.1) is 11.3 Å². The van der Waals surface area contributed by atoms with Crippen LogP contribution in [0.1, 0.15) is 46.1 Å². The molecule has 2 aliphatic rings. The number of amides is 1. The highest BCUT2D eigenvalue weighted by atomic mass is 16.2. The molecule has 0 atom stereocenters. The normalized spacial score (nSPS) is 17.9. The maximum absolute atomic E-state index is 12.6. The largest absolute Gasteiger partial charge is 0.384 e. The molecule has 6 nitrogen and oxygen atoms in total. The highest BCUT2D eigenvalue weighted by Gasteiger charge is 2.31. The van der Waals surface area contributed by atoms with E-state index in [1.807, 2.05) is 4.90 Å². The number of aromatic amines is 1. The van der Waals surface area contributed by atoms with Crippen LogP contribution in [-0.2, 0) is 12.8 Å². The van der Waals surface area contributed by atoms with Crippen molar-refractivity contribution in [1.29, 1.82) is 0 Å². The zero-order chi connectivity index (χ0) is 15.1. The summed E-state index contributed by atoms with van der Waals surface area (Å²) in [6.07, 6.45) is 5.77. The molecule has 1 fully saturated rings. The van der Waals surface area contributed by atoms with Crippen molar-refractivity contribution in [2.24, 2.45) is 0 Å². The summed E-state index contributed by atoms with van der Waals surface area (Å²) in [5, 5.41) is 7.66. The summed E-state index contributed by atoms with van der Waals surface area (Å²) < 4.78 is 0. The van der Waals surface area contributed by atoms with Crippen LogP contribution in [0.3, 0.4) is 0 Å². The van der Waals surface area contributed by atoms with Crippen molar-refractivity contribution in [2.45, 2.75) is 31.6 Å². The Bertz CT molecular complexity index is 702. The van der Waals surface area contributed by atoms with E-state index in [1.165, 1.54) is 29.8 Å². The molecule has 0 aromatic carbocycles. The average Bonchev–Trinajstić information content (AvgIpc) is 3.33. The van der Waals surface area contributed by atoms with Crippen LogP contribution < -0.4 is 5.73 Å². The maximum atomic E-state index is 12.6. The second kappa shape index (κ2) is 5.12. The number of H-pyrrole nitrogens is 1. The van der Waals surface area contributed by atoms with Gasteiger partial charge in [0.15, 0.2) is 0 Å². The molecule has 3 heterocycles. The number of rotatable bonds is 2. The van der Waals surface area contributed by atoms with E-state index in [9.17, 15) is 4.79 Å². The standard InChI is InChI=1S/C16H19N5O/c17-14-4-3-11(9-18-14)16(22)21-7-5-12-13(6-8-21)19-20-15(12)10-1-2-10/h3-4,9-10H,1-2,5-8H2,(H2,17,18)(H,19,20). The van der Waals surface area contributed by atoms with Crippen LogP contribution in [0.2, 0.25) is 0 Å². The third-order valence-electron chi connectivity index (χ3n) is 4.53. The molecule has 3 N–H and O–H groups in total. The molecule has 1 aliphatic carbocycles. The van der Waals surface area contributed by atoms with Crippen molar-refractivity contribution in [3.8, 4) is 0 Å². The summed E-state index contributed by atoms with van der Waals surface area (Å²) in [5.41, 5.74) is 9.95. The Balaban J connectivity index is 1.51. The van der Waals surface area contributed by atoms with Crippen LogP contribution in [0.15, 0.2) is 18.3 Å². The van der Waals surface area contributed by atoms with E-state index in [4.69, 9.17) is 5.73 Å². The van der Waals surface area contributed by atoms with Gasteiger partial charge in [-0.3, -0.25) is 9.89 Å². The van der Waals surface area contributed by atoms with Gasteiger partial charge in [0, 0.05) is 37.3 Å². The molecule has 2 aromatic heterocycles. The van der Waals surface area contributed by atoms with Crippen molar-refractivity contribution in [3.05, 3.63) is 40.8 Å². The number of nitrogens with one attached hydrogen (secondary N) is 1. The van der Waals surface area contributed by atoms with E-state index in [0.29, 0.717) is 23.8 Å². The van der Waals surface area contributed by atoms with Gasteiger partial charge in [-0.1, -0.05) is 0 Å². The van der Waals surface area contributed by atoms with E-state index in [1.54, 1.807) is 18.3 Å². The highest BCUT2D eigenvalue weighted by Crippen LogP contribution is 2.41. The molecule has 1 amide bonds. The Morgan fingerprint density at radius 3 is 2.82 bits per heavy atom. The number of carbonyl (C=O) groups is 1. The monoisotopic (exact) mass is 297 g/mol. The van der Waals surface area contributed by atoms with Crippen LogP contribution in [-0.4, -0.2) is 39.1 Å². The third-order valence-corrected chi connectivity index (χ3v) is 4.53. The topological polar surface area (TPSA) is 87.9 Å². The van der Waals surface area contributed by atoms with Gasteiger partial charge in [0.2, 0.25) is 0 Å². The molecule has 0 unspecified atom stereocenters. The molecule has 0 spiro atoms. The van der Waals surface area contributed by atoms with E-state index in [-0.39, 0.29) is 5.91 Å². The molecular weight excluding hydrogens is 278 g/mol. The molecule has 0 bridgehead atoms. The number of nitrogen functional groups attached to an aromatic ring is 1. The van der Waals surface area contributed by atoms with Crippen molar-refractivity contribution in [3.63, 3.8) is 0 Å². The molecule has 0 radical (unpaired) electrons. The summed E-state index contributed by atoms with van der Waals surface area (Å²) in [4.78, 5) is 18.5. The van der Waals surface area contributed by atoms with Crippen LogP contribution >= 0.6 is 0 Å². The van der Waals surface area contributed by atoms with E-state index >= 15 is 0 Å². The lowest BCUT2D eigenvalue weighted by atomic mass is 10.1. The number of anilines is 1. The minimum Gasteiger partial charge on any atom is -0.384 e. The molecule has 6 heteroatoms. The summed E-state index contributed by atoms with van der Waals surface area (Å²) >= 11 is 0. The first kappa shape index (κ1) is 13.3. The molecule has 2 aromatic rings. The van der Waals surface area contributed by atoms with E-state index in [0.717, 1.165) is 19.4 Å². The molecule has 0 saturated heterocycles. The summed E-state index contributed by atoms with van der Waals surface area (Å²) in [7, 11) is 0. The lowest BCUT2D eigenvalue weighted by molar-refractivity contribution is 0.0762. The van der Waals surface area contributed by atoms with Gasteiger partial charge >= 0.3 is 0 Å². The first-order chi connectivity index (χ1) is 10.7.